The predicted molar refractivity (Wildman–Crippen MR) is 101 cm³/mol. The summed E-state index contributed by atoms with van der Waals surface area (Å²) in [5, 5.41) is -0.456. The van der Waals surface area contributed by atoms with E-state index in [0.29, 0.717) is 25.6 Å². The van der Waals surface area contributed by atoms with Gasteiger partial charge in [-0.2, -0.15) is 0 Å². The maximum atomic E-state index is 13.9. The number of sulfone groups is 2. The van der Waals surface area contributed by atoms with Crippen molar-refractivity contribution in [1.29, 1.82) is 0 Å². The van der Waals surface area contributed by atoms with Gasteiger partial charge in [0.2, 0.25) is 15.0 Å². The van der Waals surface area contributed by atoms with E-state index in [4.69, 9.17) is 4.74 Å². The highest BCUT2D eigenvalue weighted by Gasteiger charge is 2.25. The van der Waals surface area contributed by atoms with Gasteiger partial charge in [-0.1, -0.05) is 0 Å². The first-order valence-corrected chi connectivity index (χ1v) is 12.2. The fourth-order valence-electron chi connectivity index (χ4n) is 2.96. The Bertz CT molecular complexity index is 1120. The summed E-state index contributed by atoms with van der Waals surface area (Å²) in [6.07, 6.45) is 1.95. The van der Waals surface area contributed by atoms with Gasteiger partial charge in [0.05, 0.1) is 29.8 Å². The minimum Gasteiger partial charge on any atom is -0.377 e. The lowest BCUT2D eigenvalue weighted by Crippen LogP contribution is -2.44. The smallest absolute Gasteiger partial charge is 0.249 e. The van der Waals surface area contributed by atoms with Gasteiger partial charge in [0.25, 0.3) is 0 Å². The first-order chi connectivity index (χ1) is 13.0. The van der Waals surface area contributed by atoms with Crippen LogP contribution in [0, 0.1) is 5.82 Å². The van der Waals surface area contributed by atoms with Crippen LogP contribution in [0.3, 0.4) is 0 Å². The molecule has 1 aromatic carbocycles. The maximum Gasteiger partial charge on any atom is 0.249 e. The number of rotatable bonds is 4. The summed E-state index contributed by atoms with van der Waals surface area (Å²) in [5.41, 5.74) is 0.000930. The van der Waals surface area contributed by atoms with Crippen molar-refractivity contribution < 1.29 is 26.0 Å². The molecule has 152 valence electrons. The molecule has 0 saturated carbocycles. The zero-order chi connectivity index (χ0) is 20.7. The minimum atomic E-state index is -3.79. The van der Waals surface area contributed by atoms with Gasteiger partial charge in [0.1, 0.15) is 11.6 Å². The molecule has 28 heavy (non-hydrogen) atoms. The lowest BCUT2D eigenvalue weighted by molar-refractivity contribution is 0.0984. The second-order valence-electron chi connectivity index (χ2n) is 6.70. The van der Waals surface area contributed by atoms with E-state index >= 15 is 0 Å². The van der Waals surface area contributed by atoms with Crippen molar-refractivity contribution in [3.8, 4) is 11.3 Å². The summed E-state index contributed by atoms with van der Waals surface area (Å²) in [7, 11) is -7.50. The average Bonchev–Trinajstić information content (AvgIpc) is 2.60. The molecule has 1 fully saturated rings. The third kappa shape index (κ3) is 4.31. The maximum absolute atomic E-state index is 13.9. The average molecular weight is 429 g/mol. The Hall–Kier alpha value is -2.11. The van der Waals surface area contributed by atoms with Crippen LogP contribution in [0.5, 0.6) is 0 Å². The van der Waals surface area contributed by atoms with Crippen molar-refractivity contribution in [2.75, 3.05) is 37.2 Å². The molecular weight excluding hydrogens is 409 g/mol. The molecular formula is C17H20FN3O5S2. The topological polar surface area (TPSA) is 107 Å². The van der Waals surface area contributed by atoms with E-state index in [1.807, 2.05) is 11.8 Å². The van der Waals surface area contributed by atoms with E-state index < -0.39 is 30.6 Å². The second-order valence-corrected chi connectivity index (χ2v) is 10.6. The predicted octanol–water partition coefficient (Wildman–Crippen LogP) is 1.31. The second kappa shape index (κ2) is 7.37. The van der Waals surface area contributed by atoms with Crippen molar-refractivity contribution in [3.05, 3.63) is 30.1 Å². The Kier molecular flexibility index (Phi) is 5.43. The standard InChI is InChI=1S/C17H20FN3O5S2/c1-11-10-26-7-6-21(11)16-9-14(19-17(20-16)28(3,24)25)13-8-12(18)4-5-15(13)27(2,22)23/h4-5,8-9,11H,6-7,10H2,1-3H3/t11-/m0/s1. The van der Waals surface area contributed by atoms with Crippen LogP contribution in [0.2, 0.25) is 0 Å². The number of anilines is 1. The van der Waals surface area contributed by atoms with E-state index in [9.17, 15) is 21.2 Å². The van der Waals surface area contributed by atoms with E-state index in [1.165, 1.54) is 6.07 Å². The summed E-state index contributed by atoms with van der Waals surface area (Å²) >= 11 is 0. The Morgan fingerprint density at radius 1 is 1.11 bits per heavy atom. The summed E-state index contributed by atoms with van der Waals surface area (Å²) < 4.78 is 67.8. The molecule has 0 N–H and O–H groups in total. The molecule has 1 atom stereocenters. The van der Waals surface area contributed by atoms with Crippen LogP contribution < -0.4 is 4.90 Å². The van der Waals surface area contributed by atoms with Crippen LogP contribution >= 0.6 is 0 Å². The normalized spacial score (nSPS) is 18.3. The molecule has 3 rings (SSSR count). The molecule has 2 aromatic rings. The molecule has 8 nitrogen and oxygen atoms in total. The molecule has 1 aromatic heterocycles. The molecule has 11 heteroatoms. The molecule has 1 aliphatic rings. The summed E-state index contributed by atoms with van der Waals surface area (Å²) in [4.78, 5) is 9.87. The number of ether oxygens (including phenoxy) is 1. The van der Waals surface area contributed by atoms with Crippen LogP contribution in [0.4, 0.5) is 10.2 Å². The SMILES string of the molecule is C[C@H]1COCCN1c1cc(-c2cc(F)ccc2S(C)(=O)=O)nc(S(C)(=O)=O)n1. The highest BCUT2D eigenvalue weighted by Crippen LogP contribution is 2.30. The quantitative estimate of drug-likeness (QED) is 0.529. The van der Waals surface area contributed by atoms with Crippen molar-refractivity contribution in [2.24, 2.45) is 0 Å². The molecule has 0 aliphatic carbocycles. The molecule has 0 unspecified atom stereocenters. The van der Waals surface area contributed by atoms with E-state index in [-0.39, 0.29) is 22.2 Å². The molecule has 0 spiro atoms. The van der Waals surface area contributed by atoms with Crippen LogP contribution in [0.15, 0.2) is 34.3 Å². The van der Waals surface area contributed by atoms with Gasteiger partial charge in [-0.05, 0) is 25.1 Å². The van der Waals surface area contributed by atoms with Gasteiger partial charge in [0.15, 0.2) is 9.84 Å². The fraction of sp³-hybridized carbons (Fsp3) is 0.412. The summed E-state index contributed by atoms with van der Waals surface area (Å²) in [6, 6.07) is 4.59. The number of hydrogen-bond donors (Lipinski definition) is 0. The van der Waals surface area contributed by atoms with Crippen molar-refractivity contribution in [1.82, 2.24) is 9.97 Å². The Balaban J connectivity index is 2.28. The fourth-order valence-corrected chi connectivity index (χ4v) is 4.36. The van der Waals surface area contributed by atoms with Crippen molar-refractivity contribution in [2.45, 2.75) is 23.0 Å². The van der Waals surface area contributed by atoms with Crippen LogP contribution in [0.1, 0.15) is 6.92 Å². The third-order valence-electron chi connectivity index (χ3n) is 4.30. The lowest BCUT2D eigenvalue weighted by atomic mass is 10.1. The van der Waals surface area contributed by atoms with Crippen LogP contribution in [-0.2, 0) is 24.4 Å². The zero-order valence-corrected chi connectivity index (χ0v) is 17.2. The Morgan fingerprint density at radius 2 is 1.82 bits per heavy atom. The molecule has 2 heterocycles. The molecule has 0 radical (unpaired) electrons. The van der Waals surface area contributed by atoms with Crippen LogP contribution in [-0.4, -0.2) is 65.1 Å². The number of morpholine rings is 1. The van der Waals surface area contributed by atoms with Gasteiger partial charge in [-0.25, -0.2) is 31.2 Å². The zero-order valence-electron chi connectivity index (χ0n) is 15.6. The van der Waals surface area contributed by atoms with Gasteiger partial charge < -0.3 is 9.64 Å². The monoisotopic (exact) mass is 429 g/mol. The van der Waals surface area contributed by atoms with Crippen molar-refractivity contribution in [3.63, 3.8) is 0 Å². The summed E-state index contributed by atoms with van der Waals surface area (Å²) in [6.45, 7) is 3.24. The minimum absolute atomic E-state index is 0.0167. The van der Waals surface area contributed by atoms with E-state index in [2.05, 4.69) is 9.97 Å². The largest absolute Gasteiger partial charge is 0.377 e. The highest BCUT2D eigenvalue weighted by atomic mass is 32.2. The number of benzene rings is 1. The lowest BCUT2D eigenvalue weighted by Gasteiger charge is -2.34. The van der Waals surface area contributed by atoms with Gasteiger partial charge >= 0.3 is 0 Å². The highest BCUT2D eigenvalue weighted by molar-refractivity contribution is 7.91. The van der Waals surface area contributed by atoms with E-state index in [0.717, 1.165) is 30.7 Å². The first kappa shape index (κ1) is 20.6. The number of halogens is 1. The first-order valence-electron chi connectivity index (χ1n) is 8.40. The molecule has 1 aliphatic heterocycles. The molecule has 0 bridgehead atoms. The Labute approximate surface area is 163 Å². The van der Waals surface area contributed by atoms with Crippen molar-refractivity contribution >= 4 is 25.5 Å². The molecule has 0 amide bonds. The van der Waals surface area contributed by atoms with Crippen LogP contribution in [0.25, 0.3) is 11.3 Å². The number of nitrogens with zero attached hydrogens (tertiary/aromatic N) is 3. The number of hydrogen-bond acceptors (Lipinski definition) is 8. The van der Waals surface area contributed by atoms with Gasteiger partial charge in [0, 0.05) is 30.7 Å². The Morgan fingerprint density at radius 3 is 2.43 bits per heavy atom. The number of aromatic nitrogens is 2. The van der Waals surface area contributed by atoms with Gasteiger partial charge in [-0.15, -0.1) is 0 Å². The van der Waals surface area contributed by atoms with Gasteiger partial charge in [-0.3, -0.25) is 0 Å². The van der Waals surface area contributed by atoms with E-state index in [1.54, 1.807) is 0 Å². The summed E-state index contributed by atoms with van der Waals surface area (Å²) in [5.74, 6) is -0.354. The third-order valence-corrected chi connectivity index (χ3v) is 6.30. The molecule has 1 saturated heterocycles.